The van der Waals surface area contributed by atoms with Crippen molar-refractivity contribution in [3.63, 3.8) is 0 Å². The third-order valence-electron chi connectivity index (χ3n) is 1.69. The monoisotopic (exact) mass is 207 g/mol. The van der Waals surface area contributed by atoms with Crippen molar-refractivity contribution in [2.45, 2.75) is 0 Å². The van der Waals surface area contributed by atoms with Gasteiger partial charge in [0.2, 0.25) is 12.3 Å². The van der Waals surface area contributed by atoms with Crippen molar-refractivity contribution in [2.24, 2.45) is 5.10 Å². The summed E-state index contributed by atoms with van der Waals surface area (Å²) in [5, 5.41) is 16.9. The van der Waals surface area contributed by atoms with Gasteiger partial charge in [0.25, 0.3) is 0 Å². The molecule has 0 fully saturated rings. The lowest BCUT2D eigenvalue weighted by Gasteiger charge is -2.20. The van der Waals surface area contributed by atoms with Crippen LogP contribution in [0.3, 0.4) is 0 Å². The Balaban J connectivity index is 1.92. The van der Waals surface area contributed by atoms with Crippen LogP contribution in [-0.2, 0) is 0 Å². The van der Waals surface area contributed by atoms with Crippen molar-refractivity contribution >= 4 is 18.2 Å². The summed E-state index contributed by atoms with van der Waals surface area (Å²) in [6.07, 6.45) is 4.10. The fraction of sp³-hybridized carbons (Fsp3) is 0. The van der Waals surface area contributed by atoms with Crippen molar-refractivity contribution in [1.29, 1.82) is 0 Å². The maximum Gasteiger partial charge on any atom is 0.306 e. The molecule has 3 heterocycles. The Hall–Kier alpha value is -2.65. The van der Waals surface area contributed by atoms with Crippen LogP contribution in [0.15, 0.2) is 22.3 Å². The number of rotatable bonds is 2. The van der Waals surface area contributed by atoms with E-state index in [2.05, 4.69) is 40.5 Å². The van der Waals surface area contributed by atoms with Gasteiger partial charge in [0, 0.05) is 0 Å². The Labute approximate surface area is 82.5 Å². The molecule has 0 aromatic carbocycles. The lowest BCUT2D eigenvalue weighted by Crippen LogP contribution is -2.44. The Kier molecular flexibility index (Phi) is 1.51. The molecule has 0 saturated heterocycles. The van der Waals surface area contributed by atoms with E-state index in [9.17, 15) is 0 Å². The number of hydrogen-bond acceptors (Lipinski definition) is 9. The van der Waals surface area contributed by atoms with E-state index in [1.54, 1.807) is 0 Å². The molecule has 2 aromatic rings. The molecule has 10 heteroatoms. The molecule has 15 heavy (non-hydrogen) atoms. The molecule has 0 amide bonds. The van der Waals surface area contributed by atoms with Crippen molar-refractivity contribution in [3.05, 3.63) is 12.7 Å². The molecule has 1 aliphatic heterocycles. The largest absolute Gasteiger partial charge is 0.341 e. The lowest BCUT2D eigenvalue weighted by molar-refractivity contribution is 0.414. The van der Waals surface area contributed by atoms with Gasteiger partial charge in [0.15, 0.2) is 0 Å². The van der Waals surface area contributed by atoms with Crippen LogP contribution in [0, 0.1) is 0 Å². The molecule has 1 aliphatic rings. The number of anilines is 2. The van der Waals surface area contributed by atoms with Gasteiger partial charge in [-0.15, -0.1) is 10.2 Å². The maximum absolute atomic E-state index is 4.62. The number of nitrogens with one attached hydrogen (secondary N) is 2. The summed E-state index contributed by atoms with van der Waals surface area (Å²) in [6.45, 7) is 0. The second-order valence-electron chi connectivity index (χ2n) is 2.54. The first kappa shape index (κ1) is 7.73. The Morgan fingerprint density at radius 1 is 1.33 bits per heavy atom. The van der Waals surface area contributed by atoms with E-state index in [4.69, 9.17) is 0 Å². The number of nitrogens with zero attached hydrogens (tertiary/aromatic N) is 7. The fourth-order valence-corrected chi connectivity index (χ4v) is 1.09. The van der Waals surface area contributed by atoms with E-state index in [-0.39, 0.29) is 0 Å². The number of aromatic nitrogens is 5. The molecule has 0 radical (unpaired) electrons. The summed E-state index contributed by atoms with van der Waals surface area (Å²) >= 11 is 0. The van der Waals surface area contributed by atoms with Crippen molar-refractivity contribution in [1.82, 2.24) is 30.9 Å². The van der Waals surface area contributed by atoms with Crippen LogP contribution in [0.1, 0.15) is 0 Å². The first-order chi connectivity index (χ1) is 7.45. The molecule has 3 rings (SSSR count). The van der Waals surface area contributed by atoms with Crippen LogP contribution < -0.4 is 15.7 Å². The second kappa shape index (κ2) is 2.94. The predicted molar refractivity (Wildman–Crippen MR) is 47.3 cm³/mol. The molecule has 0 saturated carbocycles. The van der Waals surface area contributed by atoms with Gasteiger partial charge in [-0.05, 0) is 5.16 Å². The minimum atomic E-state index is 0.309. The van der Waals surface area contributed by atoms with Gasteiger partial charge in [-0.3, -0.25) is 0 Å². The Bertz CT molecular complexity index is 447. The summed E-state index contributed by atoms with van der Waals surface area (Å²) in [7, 11) is 0. The summed E-state index contributed by atoms with van der Waals surface area (Å²) in [5.74, 6) is 0.789. The van der Waals surface area contributed by atoms with Gasteiger partial charge in [-0.2, -0.15) is 25.6 Å². The van der Waals surface area contributed by atoms with Crippen LogP contribution >= 0.6 is 0 Å². The quantitative estimate of drug-likeness (QED) is 0.636. The average molecular weight is 207 g/mol. The van der Waals surface area contributed by atoms with E-state index in [0.717, 1.165) is 0 Å². The predicted octanol–water partition coefficient (Wildman–Crippen LogP) is -1.12. The summed E-state index contributed by atoms with van der Waals surface area (Å²) in [4.78, 5) is 7.82. The van der Waals surface area contributed by atoms with Crippen molar-refractivity contribution in [3.8, 4) is 0 Å². The van der Waals surface area contributed by atoms with E-state index in [1.165, 1.54) is 29.2 Å². The highest BCUT2D eigenvalue weighted by Crippen LogP contribution is 2.13. The van der Waals surface area contributed by atoms with Gasteiger partial charge in [-0.25, -0.2) is 5.10 Å². The van der Waals surface area contributed by atoms with Crippen LogP contribution in [0.5, 0.6) is 0 Å². The number of aromatic amines is 1. The molecule has 10 nitrogen and oxygen atoms in total. The van der Waals surface area contributed by atoms with E-state index in [0.29, 0.717) is 11.9 Å². The Morgan fingerprint density at radius 3 is 3.07 bits per heavy atom. The van der Waals surface area contributed by atoms with Gasteiger partial charge in [0.1, 0.15) is 12.7 Å². The van der Waals surface area contributed by atoms with Crippen LogP contribution in [-0.4, -0.2) is 31.7 Å². The van der Waals surface area contributed by atoms with Crippen LogP contribution in [0.25, 0.3) is 0 Å². The number of hydrogen-bond donors (Lipinski definition) is 2. The zero-order valence-corrected chi connectivity index (χ0v) is 7.27. The molecule has 0 atom stereocenters. The van der Waals surface area contributed by atoms with Crippen LogP contribution in [0.4, 0.5) is 11.9 Å². The molecule has 2 aromatic heterocycles. The topological polar surface area (TPSA) is 111 Å². The van der Waals surface area contributed by atoms with Gasteiger partial charge in [0.05, 0.1) is 0 Å². The van der Waals surface area contributed by atoms with E-state index < -0.39 is 0 Å². The highest BCUT2D eigenvalue weighted by Gasteiger charge is 2.25. The SMILES string of the molecule is C1=NNN(c2ncon2)N1c1ncn[nH]1. The third-order valence-corrected chi connectivity index (χ3v) is 1.69. The van der Waals surface area contributed by atoms with E-state index in [1.807, 2.05) is 0 Å². The molecule has 0 unspecified atom stereocenters. The number of hydrazone groups is 1. The smallest absolute Gasteiger partial charge is 0.306 e. The summed E-state index contributed by atoms with van der Waals surface area (Å²) in [6, 6.07) is 0. The van der Waals surface area contributed by atoms with Gasteiger partial charge in [-0.1, -0.05) is 0 Å². The molecule has 0 bridgehead atoms. The summed E-state index contributed by atoms with van der Waals surface area (Å²) in [5.41, 5.74) is 2.65. The standard InChI is InChI=1S/C5H5N9O/c1-6-4(10-8-1)13-2-9-12-14(13)5-7-3-15-11-5/h1-3,12H,(H,6,8,10). The van der Waals surface area contributed by atoms with Gasteiger partial charge >= 0.3 is 5.95 Å². The first-order valence-electron chi connectivity index (χ1n) is 3.95. The molecular formula is C5H5N9O. The zero-order chi connectivity index (χ0) is 10.1. The minimum absolute atomic E-state index is 0.309. The average Bonchev–Trinajstić information content (AvgIpc) is 3.01. The molecule has 2 N–H and O–H groups in total. The number of H-pyrrole nitrogens is 1. The zero-order valence-electron chi connectivity index (χ0n) is 7.27. The van der Waals surface area contributed by atoms with Gasteiger partial charge < -0.3 is 4.52 Å². The lowest BCUT2D eigenvalue weighted by atomic mass is 10.9. The highest BCUT2D eigenvalue weighted by atomic mass is 16.5. The number of hydrazine groups is 2. The normalized spacial score (nSPS) is 14.7. The minimum Gasteiger partial charge on any atom is -0.341 e. The Morgan fingerprint density at radius 2 is 2.33 bits per heavy atom. The second-order valence-corrected chi connectivity index (χ2v) is 2.54. The van der Waals surface area contributed by atoms with Crippen LogP contribution in [0.2, 0.25) is 0 Å². The fourth-order valence-electron chi connectivity index (χ4n) is 1.09. The van der Waals surface area contributed by atoms with E-state index >= 15 is 0 Å². The third kappa shape index (κ3) is 1.15. The maximum atomic E-state index is 4.62. The molecule has 76 valence electrons. The van der Waals surface area contributed by atoms with Crippen molar-refractivity contribution in [2.75, 3.05) is 10.1 Å². The highest BCUT2D eigenvalue weighted by molar-refractivity contribution is 5.80. The molecule has 0 spiro atoms. The molecular weight excluding hydrogens is 202 g/mol. The molecule has 0 aliphatic carbocycles. The van der Waals surface area contributed by atoms with Crippen molar-refractivity contribution < 1.29 is 4.52 Å². The first-order valence-corrected chi connectivity index (χ1v) is 3.95. The summed E-state index contributed by atoms with van der Waals surface area (Å²) < 4.78 is 4.62.